The lowest BCUT2D eigenvalue weighted by molar-refractivity contribution is -0.120. The van der Waals surface area contributed by atoms with E-state index in [1.54, 1.807) is 13.0 Å². The van der Waals surface area contributed by atoms with Gasteiger partial charge in [0.2, 0.25) is 5.91 Å². The first-order valence-corrected chi connectivity index (χ1v) is 6.42. The van der Waals surface area contributed by atoms with Crippen LogP contribution in [0.15, 0.2) is 6.07 Å². The van der Waals surface area contributed by atoms with Gasteiger partial charge in [0.25, 0.3) is 0 Å². The molecule has 0 atom stereocenters. The highest BCUT2D eigenvalue weighted by molar-refractivity contribution is 6.34. The number of aryl methyl sites for hydroxylation is 1. The Labute approximate surface area is 115 Å². The standard InChI is InChI=1S/C13H14ClFN2O2/c1-3-8-6-9(11(14)7(2)12(8)15)17-5-4-10(18)16-13(17)19/h6H,3-5H2,1-2H3,(H,16,18,19). The van der Waals surface area contributed by atoms with Crippen LogP contribution in [0.1, 0.15) is 24.5 Å². The van der Waals surface area contributed by atoms with Crippen LogP contribution in [0.25, 0.3) is 0 Å². The smallest absolute Gasteiger partial charge is 0.292 e. The minimum Gasteiger partial charge on any atom is -0.292 e. The summed E-state index contributed by atoms with van der Waals surface area (Å²) in [5, 5.41) is 2.43. The van der Waals surface area contributed by atoms with E-state index in [9.17, 15) is 14.0 Å². The molecule has 1 aliphatic heterocycles. The van der Waals surface area contributed by atoms with E-state index >= 15 is 0 Å². The second-order valence-corrected chi connectivity index (χ2v) is 4.79. The molecular weight excluding hydrogens is 271 g/mol. The van der Waals surface area contributed by atoms with Crippen molar-refractivity contribution < 1.29 is 14.0 Å². The number of benzene rings is 1. The first-order chi connectivity index (χ1) is 8.95. The van der Waals surface area contributed by atoms with Crippen molar-refractivity contribution >= 4 is 29.2 Å². The minimum absolute atomic E-state index is 0.208. The summed E-state index contributed by atoms with van der Waals surface area (Å²) >= 11 is 6.12. The summed E-state index contributed by atoms with van der Waals surface area (Å²) in [5.41, 5.74) is 1.27. The number of nitrogens with zero attached hydrogens (tertiary/aromatic N) is 1. The molecule has 1 fully saturated rings. The van der Waals surface area contributed by atoms with E-state index in [2.05, 4.69) is 5.32 Å². The fourth-order valence-electron chi connectivity index (χ4n) is 2.07. The van der Waals surface area contributed by atoms with E-state index in [-0.39, 0.29) is 29.7 Å². The normalized spacial score (nSPS) is 15.7. The number of amides is 3. The van der Waals surface area contributed by atoms with Gasteiger partial charge in [0, 0.05) is 18.5 Å². The summed E-state index contributed by atoms with van der Waals surface area (Å²) in [6.45, 7) is 3.65. The minimum atomic E-state index is -0.522. The van der Waals surface area contributed by atoms with E-state index in [1.807, 2.05) is 6.92 Å². The molecule has 0 unspecified atom stereocenters. The highest BCUT2D eigenvalue weighted by Gasteiger charge is 2.27. The number of anilines is 1. The van der Waals surface area contributed by atoms with Crippen molar-refractivity contribution in [2.45, 2.75) is 26.7 Å². The van der Waals surface area contributed by atoms with Crippen LogP contribution in [-0.4, -0.2) is 18.5 Å². The van der Waals surface area contributed by atoms with Crippen molar-refractivity contribution in [2.24, 2.45) is 0 Å². The average Bonchev–Trinajstić information content (AvgIpc) is 2.38. The zero-order chi connectivity index (χ0) is 14.2. The fraction of sp³-hybridized carbons (Fsp3) is 0.385. The maximum absolute atomic E-state index is 13.9. The van der Waals surface area contributed by atoms with Crippen molar-refractivity contribution in [2.75, 3.05) is 11.4 Å². The number of hydrogen-bond donors (Lipinski definition) is 1. The predicted octanol–water partition coefficient (Wildman–Crippen LogP) is 2.80. The van der Waals surface area contributed by atoms with Gasteiger partial charge in [-0.25, -0.2) is 9.18 Å². The number of hydrogen-bond acceptors (Lipinski definition) is 2. The average molecular weight is 285 g/mol. The predicted molar refractivity (Wildman–Crippen MR) is 71.0 cm³/mol. The zero-order valence-corrected chi connectivity index (χ0v) is 11.5. The Hall–Kier alpha value is -1.62. The molecule has 1 aromatic rings. The van der Waals surface area contributed by atoms with Crippen molar-refractivity contribution in [3.63, 3.8) is 0 Å². The lowest BCUT2D eigenvalue weighted by atomic mass is 10.1. The monoisotopic (exact) mass is 284 g/mol. The van der Waals surface area contributed by atoms with Gasteiger partial charge in [-0.15, -0.1) is 0 Å². The Morgan fingerprint density at radius 1 is 1.47 bits per heavy atom. The van der Waals surface area contributed by atoms with Crippen LogP contribution in [0.2, 0.25) is 5.02 Å². The number of rotatable bonds is 2. The summed E-state index contributed by atoms with van der Waals surface area (Å²) in [5.74, 6) is -0.656. The zero-order valence-electron chi connectivity index (χ0n) is 10.7. The first kappa shape index (κ1) is 13.8. The molecule has 1 aromatic carbocycles. The lowest BCUT2D eigenvalue weighted by Gasteiger charge is -2.28. The van der Waals surface area contributed by atoms with Crippen LogP contribution in [0.3, 0.4) is 0 Å². The molecule has 19 heavy (non-hydrogen) atoms. The molecule has 1 N–H and O–H groups in total. The molecule has 1 saturated heterocycles. The Morgan fingerprint density at radius 2 is 2.16 bits per heavy atom. The van der Waals surface area contributed by atoms with Crippen molar-refractivity contribution in [3.05, 3.63) is 28.0 Å². The third-order valence-electron chi connectivity index (χ3n) is 3.20. The number of carbonyl (C=O) groups excluding carboxylic acids is 2. The largest absolute Gasteiger partial charge is 0.328 e. The van der Waals surface area contributed by atoms with E-state index in [0.717, 1.165) is 0 Å². The molecule has 0 bridgehead atoms. The van der Waals surface area contributed by atoms with Crippen LogP contribution >= 0.6 is 11.6 Å². The summed E-state index contributed by atoms with van der Waals surface area (Å²) in [7, 11) is 0. The van der Waals surface area contributed by atoms with Crippen LogP contribution in [-0.2, 0) is 11.2 Å². The second kappa shape index (κ2) is 5.17. The molecule has 0 aliphatic carbocycles. The fourth-order valence-corrected chi connectivity index (χ4v) is 2.31. The number of halogens is 2. The maximum atomic E-state index is 13.9. The highest BCUT2D eigenvalue weighted by atomic mass is 35.5. The third-order valence-corrected chi connectivity index (χ3v) is 3.68. The summed E-state index contributed by atoms with van der Waals surface area (Å²) in [6.07, 6.45) is 0.713. The highest BCUT2D eigenvalue weighted by Crippen LogP contribution is 2.34. The van der Waals surface area contributed by atoms with Crippen LogP contribution in [0.5, 0.6) is 0 Å². The Kier molecular flexibility index (Phi) is 3.75. The van der Waals surface area contributed by atoms with Crippen molar-refractivity contribution in [1.29, 1.82) is 0 Å². The van der Waals surface area contributed by atoms with E-state index in [4.69, 9.17) is 11.6 Å². The van der Waals surface area contributed by atoms with Gasteiger partial charge in [0.05, 0.1) is 10.7 Å². The number of urea groups is 1. The molecule has 1 heterocycles. The van der Waals surface area contributed by atoms with Gasteiger partial charge in [-0.1, -0.05) is 18.5 Å². The molecule has 2 rings (SSSR count). The Balaban J connectivity index is 2.48. The third kappa shape index (κ3) is 2.42. The Morgan fingerprint density at radius 3 is 2.74 bits per heavy atom. The summed E-state index contributed by atoms with van der Waals surface area (Å²) < 4.78 is 13.9. The van der Waals surface area contributed by atoms with Crippen LogP contribution in [0.4, 0.5) is 14.9 Å². The molecule has 1 aliphatic rings. The van der Waals surface area contributed by atoms with Gasteiger partial charge >= 0.3 is 6.03 Å². The summed E-state index contributed by atoms with van der Waals surface area (Å²) in [6, 6.07) is 1.05. The molecule has 0 spiro atoms. The van der Waals surface area contributed by atoms with Crippen LogP contribution < -0.4 is 10.2 Å². The van der Waals surface area contributed by atoms with Gasteiger partial charge in [-0.3, -0.25) is 15.0 Å². The molecule has 102 valence electrons. The second-order valence-electron chi connectivity index (χ2n) is 4.42. The number of carbonyl (C=O) groups is 2. The van der Waals surface area contributed by atoms with Gasteiger partial charge in [0.1, 0.15) is 5.82 Å². The van der Waals surface area contributed by atoms with Gasteiger partial charge in [-0.05, 0) is 25.0 Å². The molecule has 4 nitrogen and oxygen atoms in total. The molecule has 0 saturated carbocycles. The maximum Gasteiger partial charge on any atom is 0.328 e. The van der Waals surface area contributed by atoms with Gasteiger partial charge < -0.3 is 0 Å². The lowest BCUT2D eigenvalue weighted by Crippen LogP contribution is -2.49. The molecule has 6 heteroatoms. The van der Waals surface area contributed by atoms with Crippen molar-refractivity contribution in [3.8, 4) is 0 Å². The molecule has 0 radical (unpaired) electrons. The van der Waals surface area contributed by atoms with E-state index in [0.29, 0.717) is 23.2 Å². The molecule has 0 aromatic heterocycles. The number of nitrogens with one attached hydrogen (secondary N) is 1. The van der Waals surface area contributed by atoms with E-state index in [1.165, 1.54) is 4.90 Å². The molecule has 3 amide bonds. The van der Waals surface area contributed by atoms with Gasteiger partial charge in [-0.2, -0.15) is 0 Å². The molecular formula is C13H14ClFN2O2. The SMILES string of the molecule is CCc1cc(N2CCC(=O)NC2=O)c(Cl)c(C)c1F. The quantitative estimate of drug-likeness (QED) is 0.908. The van der Waals surface area contributed by atoms with Crippen molar-refractivity contribution in [1.82, 2.24) is 5.32 Å². The van der Waals surface area contributed by atoms with Crippen LogP contribution in [0, 0.1) is 12.7 Å². The summed E-state index contributed by atoms with van der Waals surface area (Å²) in [4.78, 5) is 24.3. The first-order valence-electron chi connectivity index (χ1n) is 6.04. The Bertz CT molecular complexity index is 560. The topological polar surface area (TPSA) is 49.4 Å². The van der Waals surface area contributed by atoms with Gasteiger partial charge in [0.15, 0.2) is 0 Å². The van der Waals surface area contributed by atoms with E-state index < -0.39 is 6.03 Å². The number of imide groups is 1.